The number of likely N-dealkylation sites (tertiary alicyclic amines) is 1. The molecule has 3 aliphatic rings. The first-order valence-electron chi connectivity index (χ1n) is 22.0. The lowest BCUT2D eigenvalue weighted by molar-refractivity contribution is -0.150. The number of anilines is 2. The Kier molecular flexibility index (Phi) is 11.4. The van der Waals surface area contributed by atoms with Crippen LogP contribution in [0.15, 0.2) is 65.8 Å². The molecule has 2 aromatic heterocycles. The van der Waals surface area contributed by atoms with Gasteiger partial charge in [-0.25, -0.2) is 9.18 Å². The van der Waals surface area contributed by atoms with Gasteiger partial charge in [0.1, 0.15) is 23.3 Å². The minimum atomic E-state index is -3.52. The second-order valence-electron chi connectivity index (χ2n) is 17.4. The Labute approximate surface area is 366 Å². The summed E-state index contributed by atoms with van der Waals surface area (Å²) in [6.45, 7) is 6.86. The highest BCUT2D eigenvalue weighted by Gasteiger charge is 2.54. The van der Waals surface area contributed by atoms with Crippen molar-refractivity contribution in [2.24, 2.45) is 10.9 Å². The average Bonchev–Trinajstić information content (AvgIpc) is 3.68. The van der Waals surface area contributed by atoms with E-state index >= 15 is 0 Å². The Morgan fingerprint density at radius 3 is 2.46 bits per heavy atom. The van der Waals surface area contributed by atoms with Gasteiger partial charge in [0, 0.05) is 33.7 Å². The van der Waals surface area contributed by atoms with Crippen LogP contribution in [0.5, 0.6) is 6.01 Å². The van der Waals surface area contributed by atoms with Gasteiger partial charge in [-0.15, -0.1) is 11.3 Å². The molecule has 0 spiro atoms. The van der Waals surface area contributed by atoms with E-state index in [0.29, 0.717) is 29.8 Å². The Morgan fingerprint density at radius 1 is 1.16 bits per heavy atom. The lowest BCUT2D eigenvalue weighted by atomic mass is 9.72. The summed E-state index contributed by atoms with van der Waals surface area (Å²) >= 11 is 1.28. The highest BCUT2D eigenvalue weighted by Crippen LogP contribution is 2.46. The number of nitriles is 1. The highest BCUT2D eigenvalue weighted by atomic mass is 32.1. The Balaban J connectivity index is 1.30. The topological polar surface area (TPSA) is 187 Å². The molecule has 1 unspecified atom stereocenters. The summed E-state index contributed by atoms with van der Waals surface area (Å²) in [6, 6.07) is 21.1. The van der Waals surface area contributed by atoms with Crippen molar-refractivity contribution in [2.45, 2.75) is 102 Å². The van der Waals surface area contributed by atoms with Crippen LogP contribution in [0.3, 0.4) is 0 Å². The number of aryl methyl sites for hydroxylation is 1. The fraction of sp³-hybridized carbons (Fsp3) is 0.500. The van der Waals surface area contributed by atoms with Crippen molar-refractivity contribution in [1.82, 2.24) is 19.9 Å². The molecular weight excluding hydrogens is 814 g/mol. The van der Waals surface area contributed by atoms with Crippen molar-refractivity contribution in [3.05, 3.63) is 82.5 Å². The molecule has 2 aromatic carbocycles. The number of hydrogen-bond acceptors (Lipinski definition) is 14. The quantitative estimate of drug-likeness (QED) is 0.0687. The van der Waals surface area contributed by atoms with Gasteiger partial charge in [0.05, 0.1) is 36.3 Å². The predicted octanol–water partition coefficient (Wildman–Crippen LogP) is 4.83. The normalized spacial score (nSPS) is 25.3. The fourth-order valence-corrected chi connectivity index (χ4v) is 14.8. The lowest BCUT2D eigenvalue weighted by Gasteiger charge is -2.48. The molecule has 4 aromatic rings. The van der Waals surface area contributed by atoms with E-state index < -0.39 is 55.3 Å². The third kappa shape index (κ3) is 8.74. The Bertz CT molecular complexity index is 2360. The van der Waals surface area contributed by atoms with Gasteiger partial charge in [0.2, 0.25) is 17.6 Å². The van der Waals surface area contributed by atoms with Crippen LogP contribution in [0.25, 0.3) is 0 Å². The number of nitrogens with zero attached hydrogens (tertiary/aromatic N) is 7. The number of rotatable bonds is 11. The standard InChI is InChI=1S/C44H56FN9O5SSi/c1-28(33-23-29(45)25-53(33)7)57-41-50-38(36(47)52-58-39(55)44(6)20-14-19-34-35(44)32(24-46)37(48)60-34)49-40(51-41)54-21-22-56-27-43(5,26-54)59-61(42(2,3)4,30-15-10-8-11-16-30)31-17-12-9-13-18-31/h8-13,15-18,28-29,33H,14,19-23,25-27,48H2,1-7H3,(H2,47,52)/t28-,29+,33-,43?,44-/m0/s1/i5D3. The first-order valence-corrected chi connectivity index (χ1v) is 23.2. The van der Waals surface area contributed by atoms with Gasteiger partial charge in [-0.2, -0.15) is 20.2 Å². The number of fused-ring (bicyclic) bond motifs is 1. The molecule has 2 aliphatic heterocycles. The Hall–Kier alpha value is -4.99. The van der Waals surface area contributed by atoms with Gasteiger partial charge in [-0.3, -0.25) is 4.90 Å². The number of alkyl halides is 1. The van der Waals surface area contributed by atoms with Crippen LogP contribution >= 0.6 is 11.3 Å². The number of ether oxygens (including phenoxy) is 2. The van der Waals surface area contributed by atoms with Crippen molar-refractivity contribution < 1.29 is 32.0 Å². The van der Waals surface area contributed by atoms with Crippen molar-refractivity contribution >= 4 is 52.8 Å². The first-order chi connectivity index (χ1) is 30.2. The van der Waals surface area contributed by atoms with E-state index in [9.17, 15) is 18.6 Å². The number of halogens is 1. The minimum Gasteiger partial charge on any atom is -0.459 e. The molecule has 7 rings (SSSR count). The number of nitrogen functional groups attached to an aromatic ring is 1. The summed E-state index contributed by atoms with van der Waals surface area (Å²) in [7, 11) is -1.71. The molecule has 4 heterocycles. The zero-order chi connectivity index (χ0) is 46.2. The van der Waals surface area contributed by atoms with Crippen molar-refractivity contribution in [3.63, 3.8) is 0 Å². The van der Waals surface area contributed by atoms with Gasteiger partial charge < -0.3 is 35.1 Å². The van der Waals surface area contributed by atoms with Crippen molar-refractivity contribution in [2.75, 3.05) is 50.5 Å². The third-order valence-electron chi connectivity index (χ3n) is 12.0. The molecule has 324 valence electrons. The maximum absolute atomic E-state index is 14.5. The number of aromatic nitrogens is 3. The number of thiophene rings is 1. The van der Waals surface area contributed by atoms with Gasteiger partial charge in [-0.05, 0) is 68.8 Å². The number of likely N-dealkylation sites (N-methyl/N-ethyl adjacent to an activating group) is 1. The van der Waals surface area contributed by atoms with Crippen LogP contribution in [0.4, 0.5) is 15.3 Å². The van der Waals surface area contributed by atoms with Crippen LogP contribution in [-0.2, 0) is 30.6 Å². The SMILES string of the molecule is [2H]C([2H])([2H])C1(O[Si](c2ccccc2)(c2ccccc2)C(C)(C)C)COCCN(c2nc(O[C@@H](C)[C@@H]3C[C@@H](F)CN3C)nc(/C(N)=N/OC(=O)[C@@]3(C)CCCc4sc(N)c(C#N)c43)n2)C1. The van der Waals surface area contributed by atoms with Gasteiger partial charge in [-0.1, -0.05) is 86.6 Å². The number of oxime groups is 1. The van der Waals surface area contributed by atoms with Crippen LogP contribution in [0, 0.1) is 11.3 Å². The van der Waals surface area contributed by atoms with E-state index in [2.05, 4.69) is 42.0 Å². The largest absolute Gasteiger partial charge is 0.459 e. The van der Waals surface area contributed by atoms with E-state index in [-0.39, 0.29) is 68.7 Å². The molecule has 0 saturated carbocycles. The second kappa shape index (κ2) is 17.4. The smallest absolute Gasteiger partial charge is 0.345 e. The van der Waals surface area contributed by atoms with E-state index in [1.165, 1.54) is 11.3 Å². The van der Waals surface area contributed by atoms with Crippen LogP contribution in [-0.4, -0.2) is 104 Å². The summed E-state index contributed by atoms with van der Waals surface area (Å²) in [5.41, 5.74) is 10.3. The van der Waals surface area contributed by atoms with Crippen molar-refractivity contribution in [1.29, 1.82) is 5.26 Å². The summed E-state index contributed by atoms with van der Waals surface area (Å²) in [5.74, 6) is -1.41. The number of nitrogens with two attached hydrogens (primary N) is 2. The van der Waals surface area contributed by atoms with E-state index in [1.807, 2.05) is 72.6 Å². The van der Waals surface area contributed by atoms with Gasteiger partial charge >= 0.3 is 12.0 Å². The molecule has 17 heteroatoms. The van der Waals surface area contributed by atoms with Crippen LogP contribution < -0.4 is 31.5 Å². The predicted molar refractivity (Wildman–Crippen MR) is 237 cm³/mol. The maximum atomic E-state index is 14.5. The van der Waals surface area contributed by atoms with Gasteiger partial charge in [0.15, 0.2) is 0 Å². The van der Waals surface area contributed by atoms with Gasteiger partial charge in [0.25, 0.3) is 8.32 Å². The van der Waals surface area contributed by atoms with Crippen LogP contribution in [0.1, 0.15) is 86.7 Å². The number of hydrogen-bond donors (Lipinski definition) is 2. The summed E-state index contributed by atoms with van der Waals surface area (Å²) in [4.78, 5) is 37.6. The molecule has 5 atom stereocenters. The molecule has 0 amide bonds. The van der Waals surface area contributed by atoms with E-state index in [4.69, 9.17) is 35.2 Å². The zero-order valence-corrected chi connectivity index (χ0v) is 37.3. The molecule has 61 heavy (non-hydrogen) atoms. The number of carbonyl (C=O) groups excluding carboxylic acids is 1. The van der Waals surface area contributed by atoms with E-state index in [1.54, 1.807) is 18.7 Å². The van der Waals surface area contributed by atoms with Crippen molar-refractivity contribution in [3.8, 4) is 12.1 Å². The van der Waals surface area contributed by atoms with E-state index in [0.717, 1.165) is 15.3 Å². The molecule has 4 N–H and O–H groups in total. The number of carbonyl (C=O) groups is 1. The molecular formula is C44H56FN9O5SSi. The number of amidine groups is 1. The summed E-state index contributed by atoms with van der Waals surface area (Å²) in [5, 5.41) is 15.4. The highest BCUT2D eigenvalue weighted by molar-refractivity contribution is 7.16. The second-order valence-corrected chi connectivity index (χ2v) is 22.8. The lowest BCUT2D eigenvalue weighted by Crippen LogP contribution is -2.70. The molecule has 0 radical (unpaired) electrons. The molecule has 14 nitrogen and oxygen atoms in total. The molecule has 2 fully saturated rings. The maximum Gasteiger partial charge on any atom is 0.345 e. The summed E-state index contributed by atoms with van der Waals surface area (Å²) < 4.78 is 62.0. The molecule has 0 bridgehead atoms. The average molecular weight is 873 g/mol. The summed E-state index contributed by atoms with van der Waals surface area (Å²) in [6.07, 6.45) is 0.305. The minimum absolute atomic E-state index is 0.0266. The zero-order valence-electron chi connectivity index (χ0n) is 38.5. The molecule has 1 aliphatic carbocycles. The van der Waals surface area contributed by atoms with Crippen LogP contribution in [0.2, 0.25) is 5.04 Å². The first kappa shape index (κ1) is 40.1. The number of benzene rings is 2. The molecule has 2 saturated heterocycles. The Morgan fingerprint density at radius 2 is 1.85 bits per heavy atom. The fourth-order valence-electron chi connectivity index (χ4n) is 8.97. The monoisotopic (exact) mass is 872 g/mol. The third-order valence-corrected chi connectivity index (χ3v) is 18.2.